The first-order valence-corrected chi connectivity index (χ1v) is 8.75. The Morgan fingerprint density at radius 3 is 2.70 bits per heavy atom. The Kier molecular flexibility index (Phi) is 4.83. The highest BCUT2D eigenvalue weighted by molar-refractivity contribution is 5.95. The molecule has 2 aromatic carbocycles. The summed E-state index contributed by atoms with van der Waals surface area (Å²) < 4.78 is 7.26. The first-order valence-electron chi connectivity index (χ1n) is 8.75. The topological polar surface area (TPSA) is 60.1 Å². The summed E-state index contributed by atoms with van der Waals surface area (Å²) in [7, 11) is 0. The molecule has 0 saturated heterocycles. The van der Waals surface area contributed by atoms with Gasteiger partial charge in [-0.25, -0.2) is 0 Å². The Morgan fingerprint density at radius 2 is 1.89 bits per heavy atom. The van der Waals surface area contributed by atoms with Crippen LogP contribution >= 0.6 is 0 Å². The maximum Gasteiger partial charge on any atom is 0.251 e. The minimum atomic E-state index is -0.126. The van der Waals surface area contributed by atoms with Crippen LogP contribution in [0.15, 0.2) is 89.8 Å². The summed E-state index contributed by atoms with van der Waals surface area (Å²) in [6.45, 7) is 1.14. The second-order valence-corrected chi connectivity index (χ2v) is 6.27. The van der Waals surface area contributed by atoms with E-state index in [9.17, 15) is 4.79 Å². The fraction of sp³-hybridized carbons (Fsp3) is 0.0909. The maximum atomic E-state index is 12.5. The lowest BCUT2D eigenvalue weighted by Gasteiger charge is -2.05. The van der Waals surface area contributed by atoms with Crippen LogP contribution in [0.3, 0.4) is 0 Å². The van der Waals surface area contributed by atoms with E-state index < -0.39 is 0 Å². The van der Waals surface area contributed by atoms with Gasteiger partial charge in [-0.2, -0.15) is 5.10 Å². The van der Waals surface area contributed by atoms with E-state index in [0.717, 1.165) is 16.9 Å². The highest BCUT2D eigenvalue weighted by Gasteiger charge is 2.09. The minimum Gasteiger partial charge on any atom is -0.464 e. The molecule has 27 heavy (non-hydrogen) atoms. The van der Waals surface area contributed by atoms with E-state index in [4.69, 9.17) is 4.42 Å². The van der Waals surface area contributed by atoms with Crippen molar-refractivity contribution in [1.82, 2.24) is 15.1 Å². The predicted octanol–water partition coefficient (Wildman–Crippen LogP) is 4.12. The van der Waals surface area contributed by atoms with Gasteiger partial charge in [0.1, 0.15) is 5.76 Å². The summed E-state index contributed by atoms with van der Waals surface area (Å²) in [5.74, 6) is 0.617. The van der Waals surface area contributed by atoms with E-state index in [1.807, 2.05) is 59.4 Å². The second-order valence-electron chi connectivity index (χ2n) is 6.27. The standard InChI is InChI=1S/C22H19N3O2/c26-22(20-9-4-8-19(12-20)21-10-5-11-27-21)23-13-18-14-24-25(16-18)15-17-6-2-1-3-7-17/h1-12,14,16H,13,15H2,(H,23,26). The molecule has 0 radical (unpaired) electrons. The van der Waals surface area contributed by atoms with Crippen LogP contribution in [0.25, 0.3) is 11.3 Å². The van der Waals surface area contributed by atoms with Gasteiger partial charge in [0.2, 0.25) is 0 Å². The highest BCUT2D eigenvalue weighted by atomic mass is 16.3. The first kappa shape index (κ1) is 16.8. The number of hydrogen-bond acceptors (Lipinski definition) is 3. The van der Waals surface area contributed by atoms with Gasteiger partial charge < -0.3 is 9.73 Å². The van der Waals surface area contributed by atoms with Gasteiger partial charge >= 0.3 is 0 Å². The van der Waals surface area contributed by atoms with Gasteiger partial charge in [-0.05, 0) is 29.8 Å². The molecular formula is C22H19N3O2. The molecule has 0 atom stereocenters. The molecule has 4 aromatic rings. The Bertz CT molecular complexity index is 1020. The van der Waals surface area contributed by atoms with Crippen LogP contribution in [0.5, 0.6) is 0 Å². The Labute approximate surface area is 157 Å². The van der Waals surface area contributed by atoms with Gasteiger partial charge in [0.05, 0.1) is 19.0 Å². The monoisotopic (exact) mass is 357 g/mol. The predicted molar refractivity (Wildman–Crippen MR) is 103 cm³/mol. The Morgan fingerprint density at radius 1 is 1.00 bits per heavy atom. The van der Waals surface area contributed by atoms with Crippen molar-refractivity contribution < 1.29 is 9.21 Å². The van der Waals surface area contributed by atoms with Crippen LogP contribution in [-0.2, 0) is 13.1 Å². The molecule has 0 aliphatic carbocycles. The highest BCUT2D eigenvalue weighted by Crippen LogP contribution is 2.20. The third kappa shape index (κ3) is 4.15. The van der Waals surface area contributed by atoms with Crippen LogP contribution in [0.1, 0.15) is 21.5 Å². The van der Waals surface area contributed by atoms with E-state index in [1.54, 1.807) is 18.5 Å². The van der Waals surface area contributed by atoms with Gasteiger partial charge in [0.25, 0.3) is 5.91 Å². The molecule has 0 aliphatic rings. The average molecular weight is 357 g/mol. The quantitative estimate of drug-likeness (QED) is 0.565. The molecule has 5 heteroatoms. The van der Waals surface area contributed by atoms with Crippen molar-refractivity contribution >= 4 is 5.91 Å². The number of carbonyl (C=O) groups is 1. The molecule has 4 rings (SSSR count). The van der Waals surface area contributed by atoms with Gasteiger partial charge in [-0.3, -0.25) is 9.48 Å². The molecule has 0 saturated carbocycles. The van der Waals surface area contributed by atoms with E-state index in [2.05, 4.69) is 22.5 Å². The number of carbonyl (C=O) groups excluding carboxylic acids is 1. The fourth-order valence-corrected chi connectivity index (χ4v) is 2.90. The molecule has 0 bridgehead atoms. The van der Waals surface area contributed by atoms with Crippen molar-refractivity contribution in [3.8, 4) is 11.3 Å². The molecule has 5 nitrogen and oxygen atoms in total. The van der Waals surface area contributed by atoms with Crippen molar-refractivity contribution in [3.63, 3.8) is 0 Å². The lowest BCUT2D eigenvalue weighted by molar-refractivity contribution is 0.0951. The van der Waals surface area contributed by atoms with Gasteiger partial charge in [0.15, 0.2) is 0 Å². The van der Waals surface area contributed by atoms with Crippen LogP contribution in [0.2, 0.25) is 0 Å². The van der Waals surface area contributed by atoms with Crippen molar-refractivity contribution in [1.29, 1.82) is 0 Å². The van der Waals surface area contributed by atoms with Crippen LogP contribution in [0, 0.1) is 0 Å². The summed E-state index contributed by atoms with van der Waals surface area (Å²) >= 11 is 0. The number of nitrogens with zero attached hydrogens (tertiary/aromatic N) is 2. The second kappa shape index (κ2) is 7.74. The van der Waals surface area contributed by atoms with E-state index in [0.29, 0.717) is 18.7 Å². The Hall–Kier alpha value is -3.60. The third-order valence-corrected chi connectivity index (χ3v) is 4.26. The average Bonchev–Trinajstić information content (AvgIpc) is 3.39. The van der Waals surface area contributed by atoms with E-state index in [1.165, 1.54) is 5.56 Å². The normalized spacial score (nSPS) is 10.7. The number of aromatic nitrogens is 2. The minimum absolute atomic E-state index is 0.126. The summed E-state index contributed by atoms with van der Waals surface area (Å²) in [6, 6.07) is 21.2. The van der Waals surface area contributed by atoms with E-state index in [-0.39, 0.29) is 5.91 Å². The number of rotatable bonds is 6. The van der Waals surface area contributed by atoms with Crippen molar-refractivity contribution in [2.75, 3.05) is 0 Å². The summed E-state index contributed by atoms with van der Waals surface area (Å²) in [6.07, 6.45) is 5.35. The van der Waals surface area contributed by atoms with Gasteiger partial charge in [0, 0.05) is 29.4 Å². The van der Waals surface area contributed by atoms with Gasteiger partial charge in [-0.1, -0.05) is 42.5 Å². The number of benzene rings is 2. The Balaban J connectivity index is 1.38. The van der Waals surface area contributed by atoms with E-state index >= 15 is 0 Å². The molecule has 0 unspecified atom stereocenters. The molecule has 2 heterocycles. The van der Waals surface area contributed by atoms with Crippen molar-refractivity contribution in [2.45, 2.75) is 13.1 Å². The molecular weight excluding hydrogens is 338 g/mol. The molecule has 2 aromatic heterocycles. The van der Waals surface area contributed by atoms with Crippen LogP contribution in [0.4, 0.5) is 0 Å². The first-order chi connectivity index (χ1) is 13.3. The molecule has 0 fully saturated rings. The molecule has 0 spiro atoms. The van der Waals surface area contributed by atoms with Crippen LogP contribution in [-0.4, -0.2) is 15.7 Å². The lowest BCUT2D eigenvalue weighted by atomic mass is 10.1. The zero-order valence-corrected chi connectivity index (χ0v) is 14.7. The summed E-state index contributed by atoms with van der Waals surface area (Å²) in [5.41, 5.74) is 3.62. The largest absolute Gasteiger partial charge is 0.464 e. The fourth-order valence-electron chi connectivity index (χ4n) is 2.90. The number of nitrogens with one attached hydrogen (secondary N) is 1. The van der Waals surface area contributed by atoms with Gasteiger partial charge in [-0.15, -0.1) is 0 Å². The third-order valence-electron chi connectivity index (χ3n) is 4.26. The number of hydrogen-bond donors (Lipinski definition) is 1. The van der Waals surface area contributed by atoms with Crippen molar-refractivity contribution in [3.05, 3.63) is 102 Å². The summed E-state index contributed by atoms with van der Waals surface area (Å²) in [5, 5.41) is 7.31. The molecule has 0 aliphatic heterocycles. The SMILES string of the molecule is O=C(NCc1cnn(Cc2ccccc2)c1)c1cccc(-c2ccco2)c1. The zero-order chi connectivity index (χ0) is 18.5. The molecule has 1 N–H and O–H groups in total. The summed E-state index contributed by atoms with van der Waals surface area (Å²) in [4.78, 5) is 12.5. The molecule has 1 amide bonds. The zero-order valence-electron chi connectivity index (χ0n) is 14.7. The number of amides is 1. The van der Waals surface area contributed by atoms with Crippen molar-refractivity contribution in [2.24, 2.45) is 0 Å². The maximum absolute atomic E-state index is 12.5. The lowest BCUT2D eigenvalue weighted by Crippen LogP contribution is -2.22. The smallest absolute Gasteiger partial charge is 0.251 e. The molecule has 134 valence electrons. The van der Waals surface area contributed by atoms with Crippen LogP contribution < -0.4 is 5.32 Å². The number of furan rings is 1.